The summed E-state index contributed by atoms with van der Waals surface area (Å²) in [6.07, 6.45) is 69.3. The third kappa shape index (κ3) is 56.2. The van der Waals surface area contributed by atoms with E-state index in [0.717, 1.165) is 77.0 Å². The number of hydrogen-bond donors (Lipinski definition) is 2. The Morgan fingerprint density at radius 3 is 1.27 bits per heavy atom. The lowest BCUT2D eigenvalue weighted by Crippen LogP contribution is -2.47. The molecule has 0 heterocycles. The normalized spacial score (nSPS) is 14.1. The molecule has 438 valence electrons. The maximum atomic E-state index is 13.6. The van der Waals surface area contributed by atoms with Gasteiger partial charge in [0.15, 0.2) is 0 Å². The second-order valence-electron chi connectivity index (χ2n) is 22.6. The molecule has 0 aromatic carbocycles. The fourth-order valence-corrected chi connectivity index (χ4v) is 9.74. The van der Waals surface area contributed by atoms with Gasteiger partial charge in [0, 0.05) is 12.8 Å². The molecular formula is C65H122N2O7P+. The van der Waals surface area contributed by atoms with Crippen molar-refractivity contribution in [3.8, 4) is 0 Å². The average Bonchev–Trinajstić information content (AvgIpc) is 3.37. The van der Waals surface area contributed by atoms with Crippen LogP contribution in [0.5, 0.6) is 0 Å². The van der Waals surface area contributed by atoms with Gasteiger partial charge in [0.25, 0.3) is 0 Å². The number of allylic oxidation sites excluding steroid dienone is 9. The van der Waals surface area contributed by atoms with Crippen molar-refractivity contribution in [1.29, 1.82) is 0 Å². The predicted octanol–water partition coefficient (Wildman–Crippen LogP) is 19.4. The Bertz CT molecular complexity index is 1470. The van der Waals surface area contributed by atoms with Gasteiger partial charge in [-0.05, 0) is 96.0 Å². The molecule has 0 spiro atoms. The molecule has 0 aromatic heterocycles. The summed E-state index contributed by atoms with van der Waals surface area (Å²) in [5.74, 6) is -0.523. The van der Waals surface area contributed by atoms with Gasteiger partial charge < -0.3 is 19.4 Å². The van der Waals surface area contributed by atoms with Gasteiger partial charge in [0.1, 0.15) is 19.3 Å². The van der Waals surface area contributed by atoms with Crippen LogP contribution >= 0.6 is 7.82 Å². The van der Waals surface area contributed by atoms with E-state index in [9.17, 15) is 19.0 Å². The number of carbonyl (C=O) groups excluding carboxylic acids is 2. The van der Waals surface area contributed by atoms with Gasteiger partial charge >= 0.3 is 13.8 Å². The zero-order chi connectivity index (χ0) is 55.0. The molecule has 0 fully saturated rings. The van der Waals surface area contributed by atoms with Crippen LogP contribution in [0.3, 0.4) is 0 Å². The molecule has 3 unspecified atom stereocenters. The molecular weight excluding hydrogens is 952 g/mol. The fraction of sp³-hybridized carbons (Fsp3) is 0.815. The highest BCUT2D eigenvalue weighted by Gasteiger charge is 2.30. The van der Waals surface area contributed by atoms with Crippen LogP contribution in [0.15, 0.2) is 60.8 Å². The third-order valence-corrected chi connectivity index (χ3v) is 14.9. The molecule has 0 radical (unpaired) electrons. The Morgan fingerprint density at radius 2 is 0.813 bits per heavy atom. The number of quaternary nitrogens is 1. The Kier molecular flexibility index (Phi) is 53.4. The molecule has 0 saturated carbocycles. The maximum absolute atomic E-state index is 13.6. The van der Waals surface area contributed by atoms with Crippen LogP contribution in [0, 0.1) is 0 Å². The van der Waals surface area contributed by atoms with Gasteiger partial charge in [0.2, 0.25) is 5.91 Å². The van der Waals surface area contributed by atoms with Crippen LogP contribution < -0.4 is 5.32 Å². The van der Waals surface area contributed by atoms with E-state index >= 15 is 0 Å². The highest BCUT2D eigenvalue weighted by molar-refractivity contribution is 7.47. The second-order valence-corrected chi connectivity index (χ2v) is 24.0. The number of nitrogens with zero attached hydrogens (tertiary/aromatic N) is 1. The first-order chi connectivity index (χ1) is 36.4. The first-order valence-corrected chi connectivity index (χ1v) is 33.1. The molecule has 2 N–H and O–H groups in total. The van der Waals surface area contributed by atoms with Gasteiger partial charge in [-0.15, -0.1) is 0 Å². The molecule has 0 saturated heterocycles. The first kappa shape index (κ1) is 72.7. The molecule has 0 aromatic rings. The zero-order valence-electron chi connectivity index (χ0n) is 50.0. The Hall–Kier alpha value is -2.29. The molecule has 0 bridgehead atoms. The van der Waals surface area contributed by atoms with E-state index in [1.54, 1.807) is 0 Å². The van der Waals surface area contributed by atoms with Gasteiger partial charge in [-0.3, -0.25) is 18.6 Å². The maximum Gasteiger partial charge on any atom is 0.472 e. The molecule has 0 rings (SSSR count). The monoisotopic (exact) mass is 1070 g/mol. The summed E-state index contributed by atoms with van der Waals surface area (Å²) in [7, 11) is 1.49. The molecule has 1 amide bonds. The van der Waals surface area contributed by atoms with Crippen molar-refractivity contribution in [2.24, 2.45) is 0 Å². The topological polar surface area (TPSA) is 111 Å². The van der Waals surface area contributed by atoms with E-state index in [4.69, 9.17) is 13.8 Å². The number of unbranched alkanes of at least 4 members (excludes halogenated alkanes) is 33. The summed E-state index contributed by atoms with van der Waals surface area (Å²) in [6.45, 7) is 6.98. The minimum Gasteiger partial charge on any atom is -0.456 e. The molecule has 3 atom stereocenters. The number of nitrogens with one attached hydrogen (secondary N) is 1. The van der Waals surface area contributed by atoms with Crippen LogP contribution in [0.1, 0.15) is 290 Å². The van der Waals surface area contributed by atoms with Crippen LogP contribution in [0.25, 0.3) is 0 Å². The smallest absolute Gasteiger partial charge is 0.456 e. The van der Waals surface area contributed by atoms with Crippen molar-refractivity contribution in [3.05, 3.63) is 60.8 Å². The van der Waals surface area contributed by atoms with Gasteiger partial charge in [-0.1, -0.05) is 242 Å². The number of ether oxygens (including phenoxy) is 1. The lowest BCUT2D eigenvalue weighted by atomic mass is 10.0. The number of amides is 1. The van der Waals surface area contributed by atoms with Crippen LogP contribution in [0.2, 0.25) is 0 Å². The summed E-state index contributed by atoms with van der Waals surface area (Å²) in [6, 6.07) is -0.857. The van der Waals surface area contributed by atoms with Crippen molar-refractivity contribution < 1.29 is 37.3 Å². The van der Waals surface area contributed by atoms with Crippen molar-refractivity contribution >= 4 is 19.7 Å². The molecule has 75 heavy (non-hydrogen) atoms. The number of carbonyl (C=O) groups is 2. The highest BCUT2D eigenvalue weighted by Crippen LogP contribution is 2.43. The largest absolute Gasteiger partial charge is 0.472 e. The van der Waals surface area contributed by atoms with E-state index in [0.29, 0.717) is 23.9 Å². The number of likely N-dealkylation sites (N-methyl/N-ethyl adjacent to an activating group) is 1. The highest BCUT2D eigenvalue weighted by atomic mass is 31.2. The zero-order valence-corrected chi connectivity index (χ0v) is 50.9. The summed E-state index contributed by atoms with van der Waals surface area (Å²) >= 11 is 0. The first-order valence-electron chi connectivity index (χ1n) is 31.6. The second kappa shape index (κ2) is 55.0. The van der Waals surface area contributed by atoms with Crippen LogP contribution in [0.4, 0.5) is 0 Å². The Labute approximate surface area is 464 Å². The summed E-state index contributed by atoms with van der Waals surface area (Å²) in [5.41, 5.74) is 0. The molecule has 10 heteroatoms. The number of rotatable bonds is 57. The lowest BCUT2D eigenvalue weighted by Gasteiger charge is -2.27. The van der Waals surface area contributed by atoms with Crippen molar-refractivity contribution in [1.82, 2.24) is 5.32 Å². The number of phosphoric ester groups is 1. The quantitative estimate of drug-likeness (QED) is 0.0205. The van der Waals surface area contributed by atoms with E-state index < -0.39 is 20.0 Å². The van der Waals surface area contributed by atoms with Crippen molar-refractivity contribution in [2.75, 3.05) is 40.9 Å². The van der Waals surface area contributed by atoms with E-state index in [-0.39, 0.29) is 31.5 Å². The van der Waals surface area contributed by atoms with Crippen LogP contribution in [-0.2, 0) is 27.9 Å². The number of esters is 1. The summed E-state index contributed by atoms with van der Waals surface area (Å²) < 4.78 is 30.7. The van der Waals surface area contributed by atoms with Gasteiger partial charge in [-0.25, -0.2) is 4.57 Å². The van der Waals surface area contributed by atoms with E-state index in [1.165, 1.54) is 173 Å². The molecule has 0 aliphatic heterocycles. The van der Waals surface area contributed by atoms with Gasteiger partial charge in [0.05, 0.1) is 33.8 Å². The third-order valence-electron chi connectivity index (χ3n) is 13.9. The Morgan fingerprint density at radius 1 is 0.467 bits per heavy atom. The van der Waals surface area contributed by atoms with Crippen LogP contribution in [-0.4, -0.2) is 74.3 Å². The Balaban J connectivity index is 5.21. The van der Waals surface area contributed by atoms with E-state index in [2.05, 4.69) is 74.7 Å². The lowest BCUT2D eigenvalue weighted by molar-refractivity contribution is -0.870. The minimum absolute atomic E-state index is 0.0365. The van der Waals surface area contributed by atoms with Crippen molar-refractivity contribution in [2.45, 2.75) is 303 Å². The summed E-state index contributed by atoms with van der Waals surface area (Å²) in [5, 5.41) is 3.05. The fourth-order valence-electron chi connectivity index (χ4n) is 9.00. The van der Waals surface area contributed by atoms with E-state index in [1.807, 2.05) is 33.3 Å². The van der Waals surface area contributed by atoms with Gasteiger partial charge in [-0.2, -0.15) is 0 Å². The molecule has 9 nitrogen and oxygen atoms in total. The molecule has 0 aliphatic rings. The average molecular weight is 1070 g/mol. The predicted molar refractivity (Wildman–Crippen MR) is 323 cm³/mol. The number of phosphoric acid groups is 1. The summed E-state index contributed by atoms with van der Waals surface area (Å²) in [4.78, 5) is 37.7. The molecule has 0 aliphatic carbocycles. The SMILES string of the molecule is CCCCC/C=C\C/C=C\C/C=C\CCCCCCCCCCCCC(=O)NC(COP(=O)(O)OCC[N+](C)(C)C)C(/C=C\CCCCCCCCCCCCC)OC(=O)CCCCC/C=C\CCCCCCCC. The number of hydrogen-bond acceptors (Lipinski definition) is 6. The standard InChI is InChI=1S/C65H121N2O7P/c1-7-10-13-16-19-22-25-28-29-30-31-32-33-34-35-36-37-40-42-45-48-51-54-57-64(68)66-62(61-73-75(70,71)72-60-59-67(4,5)6)63(56-53-50-47-44-41-38-26-23-20-17-14-11-8-2)74-65(69)58-55-52-49-46-43-39-27-24-21-18-15-12-9-3/h19,22,28-29,31-32,39,43,53,56,62-63H,7-18,20-21,23-27,30,33-38,40-42,44-52,54-55,57-61H2,1-6H3,(H-,66,68,70,71)/p+1/b22-19-,29-28-,32-31-,43-39-,56-53-. The minimum atomic E-state index is -4.45. The van der Waals surface area contributed by atoms with Crippen molar-refractivity contribution in [3.63, 3.8) is 0 Å².